The highest BCUT2D eigenvalue weighted by Crippen LogP contribution is 2.35. The normalized spacial score (nSPS) is 18.5. The minimum atomic E-state index is -0.554. The Bertz CT molecular complexity index is 912. The van der Waals surface area contributed by atoms with Gasteiger partial charge >= 0.3 is 0 Å². The van der Waals surface area contributed by atoms with Crippen molar-refractivity contribution in [2.75, 3.05) is 19.6 Å². The smallest absolute Gasteiger partial charge is 0.251 e. The van der Waals surface area contributed by atoms with Crippen LogP contribution in [0.2, 0.25) is 0 Å². The number of aromatic amines is 1. The summed E-state index contributed by atoms with van der Waals surface area (Å²) in [4.78, 5) is 35.3. The van der Waals surface area contributed by atoms with Crippen molar-refractivity contribution in [2.24, 2.45) is 0 Å². The van der Waals surface area contributed by atoms with Crippen LogP contribution in [0.1, 0.15) is 66.8 Å². The van der Waals surface area contributed by atoms with E-state index >= 15 is 0 Å². The molecule has 3 N–H and O–H groups in total. The van der Waals surface area contributed by atoms with E-state index in [4.69, 9.17) is 0 Å². The number of rotatable bonds is 6. The number of H-pyrrole nitrogens is 1. The summed E-state index contributed by atoms with van der Waals surface area (Å²) >= 11 is 0. The molecule has 3 heterocycles. The number of imidazole rings is 1. The van der Waals surface area contributed by atoms with Crippen molar-refractivity contribution < 1.29 is 9.59 Å². The van der Waals surface area contributed by atoms with Crippen molar-refractivity contribution in [3.8, 4) is 0 Å². The van der Waals surface area contributed by atoms with Gasteiger partial charge in [0.15, 0.2) is 0 Å². The molecule has 0 aliphatic carbocycles. The van der Waals surface area contributed by atoms with E-state index in [2.05, 4.69) is 27.5 Å². The number of aryl methyl sites for hydroxylation is 1. The summed E-state index contributed by atoms with van der Waals surface area (Å²) in [6.07, 6.45) is 7.71. The number of carbonyl (C=O) groups excluding carboxylic acids is 2. The van der Waals surface area contributed by atoms with E-state index in [1.165, 1.54) is 11.3 Å². The Labute approximate surface area is 184 Å². The van der Waals surface area contributed by atoms with Gasteiger partial charge in [-0.15, -0.1) is 0 Å². The van der Waals surface area contributed by atoms with E-state index in [-0.39, 0.29) is 17.4 Å². The molecule has 2 aliphatic heterocycles. The molecule has 7 heteroatoms. The lowest BCUT2D eigenvalue weighted by atomic mass is 9.80. The van der Waals surface area contributed by atoms with Gasteiger partial charge in [0.25, 0.3) is 5.91 Å². The Morgan fingerprint density at radius 3 is 2.68 bits per heavy atom. The Kier molecular flexibility index (Phi) is 6.41. The molecule has 2 amide bonds. The maximum absolute atomic E-state index is 13.0. The number of hydrogen-bond acceptors (Lipinski definition) is 4. The molecule has 1 spiro atoms. The number of unbranched alkanes of at least 4 members (excludes halogenated alkanes) is 1. The molecule has 166 valence electrons. The number of piperidine rings is 1. The van der Waals surface area contributed by atoms with Gasteiger partial charge < -0.3 is 20.5 Å². The number of carbonyl (C=O) groups is 2. The predicted octanol–water partition coefficient (Wildman–Crippen LogP) is 2.53. The zero-order valence-corrected chi connectivity index (χ0v) is 18.5. The number of nitrogens with one attached hydrogen (secondary N) is 3. The second-order valence-corrected chi connectivity index (χ2v) is 8.81. The lowest BCUT2D eigenvalue weighted by Crippen LogP contribution is -2.57. The topological polar surface area (TPSA) is 90.1 Å². The van der Waals surface area contributed by atoms with Crippen LogP contribution in [0.25, 0.3) is 0 Å². The first-order valence-electron chi connectivity index (χ1n) is 11.5. The van der Waals surface area contributed by atoms with E-state index < -0.39 is 6.04 Å². The molecule has 0 saturated carbocycles. The quantitative estimate of drug-likeness (QED) is 0.666. The van der Waals surface area contributed by atoms with Crippen LogP contribution >= 0.6 is 0 Å². The van der Waals surface area contributed by atoms with Crippen LogP contribution < -0.4 is 10.6 Å². The van der Waals surface area contributed by atoms with E-state index in [0.717, 1.165) is 50.8 Å². The number of aromatic nitrogens is 2. The summed E-state index contributed by atoms with van der Waals surface area (Å²) in [6, 6.07) is 7.14. The monoisotopic (exact) mass is 423 g/mol. The molecule has 1 saturated heterocycles. The molecule has 7 nitrogen and oxygen atoms in total. The Morgan fingerprint density at radius 1 is 1.23 bits per heavy atom. The molecule has 0 unspecified atom stereocenters. The van der Waals surface area contributed by atoms with Crippen molar-refractivity contribution in [1.82, 2.24) is 25.5 Å². The number of benzene rings is 1. The minimum absolute atomic E-state index is 0.0270. The molecular formula is C24H33N5O2. The van der Waals surface area contributed by atoms with E-state index in [1.54, 1.807) is 13.3 Å². The second-order valence-electron chi connectivity index (χ2n) is 8.81. The zero-order chi connectivity index (χ0) is 21.8. The van der Waals surface area contributed by atoms with Gasteiger partial charge in [-0.2, -0.15) is 0 Å². The van der Waals surface area contributed by atoms with Gasteiger partial charge in [-0.1, -0.05) is 25.5 Å². The average Bonchev–Trinajstić information content (AvgIpc) is 3.29. The van der Waals surface area contributed by atoms with Gasteiger partial charge in [0.1, 0.15) is 6.04 Å². The molecule has 31 heavy (non-hydrogen) atoms. The van der Waals surface area contributed by atoms with Gasteiger partial charge in [0.2, 0.25) is 5.91 Å². The van der Waals surface area contributed by atoms with Crippen LogP contribution in [0.5, 0.6) is 0 Å². The van der Waals surface area contributed by atoms with Crippen LogP contribution in [0.4, 0.5) is 0 Å². The average molecular weight is 424 g/mol. The molecule has 4 rings (SSSR count). The van der Waals surface area contributed by atoms with Crippen molar-refractivity contribution >= 4 is 11.8 Å². The van der Waals surface area contributed by atoms with Gasteiger partial charge in [-0.25, -0.2) is 4.98 Å². The summed E-state index contributed by atoms with van der Waals surface area (Å²) in [7, 11) is 0. The fourth-order valence-electron chi connectivity index (χ4n) is 4.78. The first-order valence-corrected chi connectivity index (χ1v) is 11.5. The number of hydrogen-bond donors (Lipinski definition) is 3. The zero-order valence-electron chi connectivity index (χ0n) is 18.5. The van der Waals surface area contributed by atoms with Crippen LogP contribution in [0.3, 0.4) is 0 Å². The van der Waals surface area contributed by atoms with Crippen LogP contribution in [-0.4, -0.2) is 52.4 Å². The van der Waals surface area contributed by atoms with E-state index in [9.17, 15) is 9.59 Å². The fraction of sp³-hybridized carbons (Fsp3) is 0.542. The summed E-state index contributed by atoms with van der Waals surface area (Å²) in [5, 5.41) is 6.52. The fourth-order valence-corrected chi connectivity index (χ4v) is 4.78. The van der Waals surface area contributed by atoms with Crippen molar-refractivity contribution in [3.63, 3.8) is 0 Å². The van der Waals surface area contributed by atoms with Gasteiger partial charge in [0, 0.05) is 37.3 Å². The standard InChI is InChI=1S/C24H33N5O2/c1-3-4-5-18-6-8-19(9-7-18)22(30)28-17(2)23(31)29-14-11-24(12-15-29)21-20(10-13-27-24)25-16-26-21/h6-9,16-17,27H,3-5,10-15H2,1-2H3,(H,25,26)(H,28,30)/t17-/m0/s1. The lowest BCUT2D eigenvalue weighted by molar-refractivity contribution is -0.134. The van der Waals surface area contributed by atoms with Gasteiger partial charge in [-0.05, 0) is 50.3 Å². The molecule has 1 aromatic carbocycles. The van der Waals surface area contributed by atoms with Gasteiger partial charge in [-0.3, -0.25) is 9.59 Å². The van der Waals surface area contributed by atoms with Gasteiger partial charge in [0.05, 0.1) is 17.6 Å². The molecule has 0 radical (unpaired) electrons. The number of amides is 2. The maximum atomic E-state index is 13.0. The first-order chi connectivity index (χ1) is 15.0. The Balaban J connectivity index is 1.32. The van der Waals surface area contributed by atoms with Crippen LogP contribution in [-0.2, 0) is 23.2 Å². The highest BCUT2D eigenvalue weighted by atomic mass is 16.2. The highest BCUT2D eigenvalue weighted by Gasteiger charge is 2.42. The SMILES string of the molecule is CCCCc1ccc(C(=O)N[C@@H](C)C(=O)N2CCC3(CC2)NCCc2[nH]cnc23)cc1. The summed E-state index contributed by atoms with van der Waals surface area (Å²) in [5.41, 5.74) is 4.00. The van der Waals surface area contributed by atoms with Crippen molar-refractivity contribution in [1.29, 1.82) is 0 Å². The third kappa shape index (κ3) is 4.51. The third-order valence-electron chi connectivity index (χ3n) is 6.69. The first kappa shape index (κ1) is 21.6. The molecule has 2 aliphatic rings. The lowest BCUT2D eigenvalue weighted by Gasteiger charge is -2.44. The number of fused-ring (bicyclic) bond motifs is 2. The van der Waals surface area contributed by atoms with E-state index in [1.807, 2.05) is 29.2 Å². The second kappa shape index (κ2) is 9.22. The molecule has 2 aromatic rings. The summed E-state index contributed by atoms with van der Waals surface area (Å²) in [6.45, 7) is 6.18. The molecule has 0 bridgehead atoms. The molecule has 1 aromatic heterocycles. The summed E-state index contributed by atoms with van der Waals surface area (Å²) < 4.78 is 0. The van der Waals surface area contributed by atoms with E-state index in [0.29, 0.717) is 18.7 Å². The summed E-state index contributed by atoms with van der Waals surface area (Å²) in [5.74, 6) is -0.229. The van der Waals surface area contributed by atoms with Crippen molar-refractivity contribution in [2.45, 2.75) is 64.0 Å². The number of nitrogens with zero attached hydrogens (tertiary/aromatic N) is 2. The highest BCUT2D eigenvalue weighted by molar-refractivity contribution is 5.97. The Morgan fingerprint density at radius 2 is 1.97 bits per heavy atom. The molecular weight excluding hydrogens is 390 g/mol. The van der Waals surface area contributed by atoms with Crippen LogP contribution in [0.15, 0.2) is 30.6 Å². The molecule has 1 fully saturated rings. The largest absolute Gasteiger partial charge is 0.348 e. The Hall–Kier alpha value is -2.67. The maximum Gasteiger partial charge on any atom is 0.251 e. The minimum Gasteiger partial charge on any atom is -0.348 e. The molecule has 1 atom stereocenters. The number of likely N-dealkylation sites (tertiary alicyclic amines) is 1. The van der Waals surface area contributed by atoms with Crippen LogP contribution in [0, 0.1) is 0 Å². The predicted molar refractivity (Wildman–Crippen MR) is 120 cm³/mol. The van der Waals surface area contributed by atoms with Crippen molar-refractivity contribution in [3.05, 3.63) is 53.1 Å². The third-order valence-corrected chi connectivity index (χ3v) is 6.69.